The summed E-state index contributed by atoms with van der Waals surface area (Å²) in [6.07, 6.45) is 2.15. The van der Waals surface area contributed by atoms with Crippen LogP contribution in [0.3, 0.4) is 0 Å². The molecule has 28 heavy (non-hydrogen) atoms. The summed E-state index contributed by atoms with van der Waals surface area (Å²) in [5, 5.41) is 6.00. The van der Waals surface area contributed by atoms with Gasteiger partial charge in [0.2, 0.25) is 11.8 Å². The first kappa shape index (κ1) is 20.8. The molecule has 8 heteroatoms. The lowest BCUT2D eigenvalue weighted by Crippen LogP contribution is -2.36. The second-order valence-corrected chi connectivity index (χ2v) is 8.65. The van der Waals surface area contributed by atoms with Crippen LogP contribution >= 0.6 is 22.9 Å². The molecule has 0 radical (unpaired) electrons. The predicted octanol–water partition coefficient (Wildman–Crippen LogP) is 3.81. The first-order valence-corrected chi connectivity index (χ1v) is 10.5. The average molecular weight is 421 g/mol. The highest BCUT2D eigenvalue weighted by Gasteiger charge is 2.25. The molecule has 1 heterocycles. The van der Waals surface area contributed by atoms with E-state index in [1.165, 1.54) is 18.3 Å². The Morgan fingerprint density at radius 1 is 1.32 bits per heavy atom. The molecule has 150 valence electrons. The number of likely N-dealkylation sites (N-methyl/N-ethyl adjacent to an activating group) is 1. The predicted molar refractivity (Wildman–Crippen MR) is 113 cm³/mol. The van der Waals surface area contributed by atoms with Gasteiger partial charge in [0.1, 0.15) is 0 Å². The van der Waals surface area contributed by atoms with Crippen LogP contribution in [0.15, 0.2) is 17.5 Å². The van der Waals surface area contributed by atoms with Gasteiger partial charge >= 0.3 is 0 Å². The molecule has 0 bridgehead atoms. The van der Waals surface area contributed by atoms with E-state index in [1.807, 2.05) is 43.3 Å². The molecular formula is C20H25ClN4O2S. The Labute approximate surface area is 174 Å². The van der Waals surface area contributed by atoms with Crippen molar-refractivity contribution in [2.24, 2.45) is 0 Å². The summed E-state index contributed by atoms with van der Waals surface area (Å²) < 4.78 is 0. The zero-order valence-corrected chi connectivity index (χ0v) is 18.2. The van der Waals surface area contributed by atoms with Crippen LogP contribution in [0.25, 0.3) is 0 Å². The number of aromatic nitrogens is 1. The number of halogens is 1. The third-order valence-corrected chi connectivity index (χ3v) is 5.62. The molecule has 1 N–H and O–H groups in total. The molecule has 0 aliphatic heterocycles. The van der Waals surface area contributed by atoms with E-state index in [9.17, 15) is 9.59 Å². The highest BCUT2D eigenvalue weighted by atomic mass is 35.5. The van der Waals surface area contributed by atoms with Gasteiger partial charge in [0.15, 0.2) is 5.13 Å². The maximum absolute atomic E-state index is 12.4. The molecule has 1 aliphatic rings. The second-order valence-electron chi connectivity index (χ2n) is 7.40. The number of carbonyl (C=O) groups excluding carboxylic acids is 2. The minimum absolute atomic E-state index is 0.0351. The van der Waals surface area contributed by atoms with Crippen molar-refractivity contribution in [3.63, 3.8) is 0 Å². The molecule has 1 saturated carbocycles. The van der Waals surface area contributed by atoms with E-state index in [2.05, 4.69) is 10.3 Å². The zero-order chi connectivity index (χ0) is 20.4. The number of benzene rings is 1. The Kier molecular flexibility index (Phi) is 6.37. The third-order valence-electron chi connectivity index (χ3n) is 4.46. The maximum Gasteiger partial charge on any atom is 0.234 e. The van der Waals surface area contributed by atoms with Crippen LogP contribution in [0.4, 0.5) is 10.8 Å². The zero-order valence-electron chi connectivity index (χ0n) is 16.6. The summed E-state index contributed by atoms with van der Waals surface area (Å²) in [6.45, 7) is 6.26. The number of aryl methyl sites for hydroxylation is 2. The topological polar surface area (TPSA) is 65.5 Å². The molecule has 1 aliphatic carbocycles. The van der Waals surface area contributed by atoms with Crippen molar-refractivity contribution in [1.82, 2.24) is 15.2 Å². The van der Waals surface area contributed by atoms with Crippen LogP contribution in [0.5, 0.6) is 0 Å². The maximum atomic E-state index is 12.4. The molecule has 2 amide bonds. The van der Waals surface area contributed by atoms with E-state index in [-0.39, 0.29) is 11.8 Å². The number of amides is 2. The van der Waals surface area contributed by atoms with Crippen LogP contribution in [-0.4, -0.2) is 41.3 Å². The standard InChI is InChI=1S/C20H25ClN4O2S/c1-12-7-13(2)19(17(21)8-12)25(14(3)26)20-23-16(11-28-20)9-24(4)10-18(27)22-15-5-6-15/h7-8,11,15H,5-6,9-10H2,1-4H3,(H,22,27). The van der Waals surface area contributed by atoms with Gasteiger partial charge in [0.25, 0.3) is 0 Å². The number of nitrogens with one attached hydrogen (secondary N) is 1. The minimum Gasteiger partial charge on any atom is -0.352 e. The Morgan fingerprint density at radius 3 is 2.64 bits per heavy atom. The van der Waals surface area contributed by atoms with E-state index in [4.69, 9.17) is 11.6 Å². The monoisotopic (exact) mass is 420 g/mol. The summed E-state index contributed by atoms with van der Waals surface area (Å²) in [6, 6.07) is 4.21. The number of hydrogen-bond acceptors (Lipinski definition) is 5. The van der Waals surface area contributed by atoms with Crippen LogP contribution in [0.1, 0.15) is 36.6 Å². The molecule has 3 rings (SSSR count). The number of carbonyl (C=O) groups is 2. The second kappa shape index (κ2) is 8.59. The van der Waals surface area contributed by atoms with Gasteiger partial charge in [0, 0.05) is 24.9 Å². The van der Waals surface area contributed by atoms with Gasteiger partial charge in [0.05, 0.1) is 22.9 Å². The highest BCUT2D eigenvalue weighted by Crippen LogP contribution is 2.37. The van der Waals surface area contributed by atoms with Crippen molar-refractivity contribution < 1.29 is 9.59 Å². The number of rotatable bonds is 7. The molecule has 1 aromatic carbocycles. The molecule has 0 saturated heterocycles. The minimum atomic E-state index is -0.146. The first-order valence-electron chi connectivity index (χ1n) is 9.24. The van der Waals surface area contributed by atoms with Gasteiger partial charge in [-0.3, -0.25) is 19.4 Å². The van der Waals surface area contributed by atoms with Crippen LogP contribution in [0.2, 0.25) is 5.02 Å². The van der Waals surface area contributed by atoms with Crippen molar-refractivity contribution in [2.45, 2.75) is 46.2 Å². The van der Waals surface area contributed by atoms with E-state index >= 15 is 0 Å². The van der Waals surface area contributed by atoms with E-state index in [1.54, 1.807) is 4.90 Å². The fourth-order valence-electron chi connectivity index (χ4n) is 3.13. The summed E-state index contributed by atoms with van der Waals surface area (Å²) in [5.41, 5.74) is 3.44. The van der Waals surface area contributed by atoms with Gasteiger partial charge in [-0.05, 0) is 50.9 Å². The van der Waals surface area contributed by atoms with Crippen LogP contribution in [-0.2, 0) is 16.1 Å². The molecule has 2 aromatic rings. The Bertz CT molecular complexity index is 871. The first-order chi connectivity index (χ1) is 13.2. The Morgan fingerprint density at radius 2 is 2.04 bits per heavy atom. The summed E-state index contributed by atoms with van der Waals surface area (Å²) >= 11 is 7.84. The fourth-order valence-corrected chi connectivity index (χ4v) is 4.40. The van der Waals surface area contributed by atoms with Crippen LogP contribution < -0.4 is 10.2 Å². The Balaban J connectivity index is 1.74. The largest absolute Gasteiger partial charge is 0.352 e. The van der Waals surface area contributed by atoms with Gasteiger partial charge in [-0.1, -0.05) is 17.7 Å². The molecule has 1 aromatic heterocycles. The quantitative estimate of drug-likeness (QED) is 0.739. The lowest BCUT2D eigenvalue weighted by molar-refractivity contribution is -0.122. The van der Waals surface area contributed by atoms with Crippen molar-refractivity contribution in [2.75, 3.05) is 18.5 Å². The molecule has 1 fully saturated rings. The van der Waals surface area contributed by atoms with Gasteiger partial charge in [-0.2, -0.15) is 0 Å². The average Bonchev–Trinajstić information content (AvgIpc) is 3.26. The molecule has 0 spiro atoms. The summed E-state index contributed by atoms with van der Waals surface area (Å²) in [4.78, 5) is 32.4. The molecule has 0 atom stereocenters. The van der Waals surface area contributed by atoms with Gasteiger partial charge in [-0.15, -0.1) is 11.3 Å². The molecular weight excluding hydrogens is 396 g/mol. The Hall–Kier alpha value is -1.96. The van der Waals surface area contributed by atoms with Crippen molar-refractivity contribution in [3.8, 4) is 0 Å². The van der Waals surface area contributed by atoms with Crippen molar-refractivity contribution in [3.05, 3.63) is 39.4 Å². The number of hydrogen-bond donors (Lipinski definition) is 1. The van der Waals surface area contributed by atoms with Crippen molar-refractivity contribution in [1.29, 1.82) is 0 Å². The van der Waals surface area contributed by atoms with Crippen molar-refractivity contribution >= 4 is 45.6 Å². The summed E-state index contributed by atoms with van der Waals surface area (Å²) in [7, 11) is 1.88. The smallest absolute Gasteiger partial charge is 0.234 e. The highest BCUT2D eigenvalue weighted by molar-refractivity contribution is 7.14. The normalized spacial score (nSPS) is 13.6. The fraction of sp³-hybridized carbons (Fsp3) is 0.450. The van der Waals surface area contributed by atoms with Gasteiger partial charge in [-0.25, -0.2) is 4.98 Å². The number of anilines is 2. The molecule has 0 unspecified atom stereocenters. The lowest BCUT2D eigenvalue weighted by Gasteiger charge is -2.22. The lowest BCUT2D eigenvalue weighted by atomic mass is 10.1. The summed E-state index contributed by atoms with van der Waals surface area (Å²) in [5.74, 6) is -0.111. The number of nitrogens with zero attached hydrogens (tertiary/aromatic N) is 3. The molecule has 6 nitrogen and oxygen atoms in total. The van der Waals surface area contributed by atoms with E-state index < -0.39 is 0 Å². The third kappa shape index (κ3) is 5.10. The van der Waals surface area contributed by atoms with Crippen LogP contribution in [0, 0.1) is 13.8 Å². The number of thiazole rings is 1. The van der Waals surface area contributed by atoms with E-state index in [0.717, 1.165) is 29.7 Å². The van der Waals surface area contributed by atoms with E-state index in [0.29, 0.717) is 35.0 Å². The SMILES string of the molecule is CC(=O)N(c1nc(CN(C)CC(=O)NC2CC2)cs1)c1c(C)cc(C)cc1Cl. The van der Waals surface area contributed by atoms with Gasteiger partial charge < -0.3 is 5.32 Å².